The fourth-order valence-electron chi connectivity index (χ4n) is 1.72. The summed E-state index contributed by atoms with van der Waals surface area (Å²) in [6.45, 7) is 1.76. The highest BCUT2D eigenvalue weighted by Gasteiger charge is 2.19. The number of carbonyl (C=O) groups is 2. The SMILES string of the molecule is C/C=C/C(=O)Nc1c(C(=O)OC)sc2ccccc12. The quantitative estimate of drug-likeness (QED) is 0.691. The van der Waals surface area contributed by atoms with Gasteiger partial charge in [0, 0.05) is 10.1 Å². The molecule has 0 aliphatic rings. The van der Waals surface area contributed by atoms with Crippen LogP contribution in [0.4, 0.5) is 5.69 Å². The van der Waals surface area contributed by atoms with Crippen LogP contribution in [0.5, 0.6) is 0 Å². The largest absolute Gasteiger partial charge is 0.465 e. The van der Waals surface area contributed by atoms with Gasteiger partial charge in [-0.25, -0.2) is 4.79 Å². The number of nitrogens with one attached hydrogen (secondary N) is 1. The summed E-state index contributed by atoms with van der Waals surface area (Å²) >= 11 is 1.30. The molecule has 0 saturated heterocycles. The Morgan fingerprint density at radius 3 is 2.74 bits per heavy atom. The molecule has 0 radical (unpaired) electrons. The number of carbonyl (C=O) groups excluding carboxylic acids is 2. The van der Waals surface area contributed by atoms with E-state index in [4.69, 9.17) is 4.74 Å². The molecule has 1 amide bonds. The highest BCUT2D eigenvalue weighted by Crippen LogP contribution is 2.36. The summed E-state index contributed by atoms with van der Waals surface area (Å²) in [7, 11) is 1.32. The maximum atomic E-state index is 11.8. The number of hydrogen-bond donors (Lipinski definition) is 1. The molecule has 0 aliphatic heterocycles. The summed E-state index contributed by atoms with van der Waals surface area (Å²) in [5, 5.41) is 3.57. The number of benzene rings is 1. The molecule has 2 rings (SSSR count). The second-order valence-corrected chi connectivity index (χ2v) is 4.84. The molecule has 98 valence electrons. The van der Waals surface area contributed by atoms with Gasteiger partial charge in [0.25, 0.3) is 0 Å². The molecule has 1 N–H and O–H groups in total. The molecule has 0 aliphatic carbocycles. The Morgan fingerprint density at radius 2 is 2.05 bits per heavy atom. The van der Waals surface area contributed by atoms with Gasteiger partial charge in [-0.1, -0.05) is 24.3 Å². The van der Waals surface area contributed by atoms with Crippen LogP contribution in [0.2, 0.25) is 0 Å². The Hall–Kier alpha value is -2.14. The summed E-state index contributed by atoms with van der Waals surface area (Å²) < 4.78 is 5.68. The van der Waals surface area contributed by atoms with Gasteiger partial charge < -0.3 is 10.1 Å². The zero-order valence-electron chi connectivity index (χ0n) is 10.6. The van der Waals surface area contributed by atoms with E-state index < -0.39 is 5.97 Å². The number of hydrogen-bond acceptors (Lipinski definition) is 4. The molecule has 1 aromatic carbocycles. The third-order valence-electron chi connectivity index (χ3n) is 2.53. The van der Waals surface area contributed by atoms with E-state index in [1.165, 1.54) is 24.5 Å². The number of fused-ring (bicyclic) bond motifs is 1. The lowest BCUT2D eigenvalue weighted by molar-refractivity contribution is -0.111. The minimum Gasteiger partial charge on any atom is -0.465 e. The molecule has 0 bridgehead atoms. The van der Waals surface area contributed by atoms with Gasteiger partial charge in [0.2, 0.25) is 5.91 Å². The minimum atomic E-state index is -0.447. The van der Waals surface area contributed by atoms with Crippen LogP contribution in [-0.4, -0.2) is 19.0 Å². The van der Waals surface area contributed by atoms with Crippen LogP contribution in [0, 0.1) is 0 Å². The normalized spacial score (nSPS) is 10.8. The highest BCUT2D eigenvalue weighted by atomic mass is 32.1. The molecule has 2 aromatic rings. The topological polar surface area (TPSA) is 55.4 Å². The molecule has 0 atom stereocenters. The Balaban J connectivity index is 2.54. The van der Waals surface area contributed by atoms with Gasteiger partial charge in [-0.15, -0.1) is 11.3 Å². The van der Waals surface area contributed by atoms with E-state index in [0.29, 0.717) is 10.6 Å². The summed E-state index contributed by atoms with van der Waals surface area (Å²) in [6.07, 6.45) is 3.05. The van der Waals surface area contributed by atoms with Gasteiger partial charge in [0.05, 0.1) is 12.8 Å². The molecule has 0 fully saturated rings. The average molecular weight is 275 g/mol. The predicted octanol–water partition coefficient (Wildman–Crippen LogP) is 3.20. The standard InChI is InChI=1S/C14H13NO3S/c1-3-6-11(16)15-12-9-7-4-5-8-10(9)19-13(12)14(17)18-2/h3-8H,1-2H3,(H,15,16)/b6-3+. The fraction of sp³-hybridized carbons (Fsp3) is 0.143. The number of allylic oxidation sites excluding steroid dienone is 1. The van der Waals surface area contributed by atoms with E-state index in [-0.39, 0.29) is 5.91 Å². The van der Waals surface area contributed by atoms with Crippen molar-refractivity contribution in [3.05, 3.63) is 41.3 Å². The van der Waals surface area contributed by atoms with E-state index >= 15 is 0 Å². The van der Waals surface area contributed by atoms with Crippen molar-refractivity contribution >= 4 is 39.0 Å². The Bertz CT molecular complexity index is 658. The third kappa shape index (κ3) is 2.66. The number of rotatable bonds is 3. The number of thiophene rings is 1. The van der Waals surface area contributed by atoms with E-state index in [1.54, 1.807) is 13.0 Å². The van der Waals surface area contributed by atoms with E-state index in [1.807, 2.05) is 24.3 Å². The van der Waals surface area contributed by atoms with Crippen molar-refractivity contribution in [2.75, 3.05) is 12.4 Å². The van der Waals surface area contributed by atoms with Gasteiger partial charge in [-0.2, -0.15) is 0 Å². The predicted molar refractivity (Wildman–Crippen MR) is 76.6 cm³/mol. The van der Waals surface area contributed by atoms with E-state index in [9.17, 15) is 9.59 Å². The number of anilines is 1. The van der Waals surface area contributed by atoms with Crippen LogP contribution in [0.1, 0.15) is 16.6 Å². The summed E-state index contributed by atoms with van der Waals surface area (Å²) in [5.41, 5.74) is 0.510. The smallest absolute Gasteiger partial charge is 0.350 e. The van der Waals surface area contributed by atoms with Crippen molar-refractivity contribution in [3.63, 3.8) is 0 Å². The second kappa shape index (κ2) is 5.67. The summed E-state index contributed by atoms with van der Waals surface area (Å²) in [6, 6.07) is 7.51. The minimum absolute atomic E-state index is 0.267. The number of ether oxygens (including phenoxy) is 1. The Labute approximate surface area is 114 Å². The van der Waals surface area contributed by atoms with Crippen LogP contribution in [0.25, 0.3) is 10.1 Å². The van der Waals surface area contributed by atoms with Crippen LogP contribution in [0.3, 0.4) is 0 Å². The molecule has 0 saturated carbocycles. The first-order valence-corrected chi connectivity index (χ1v) is 6.52. The lowest BCUT2D eigenvalue weighted by Crippen LogP contribution is -2.11. The molecule has 1 heterocycles. The summed E-state index contributed by atoms with van der Waals surface area (Å²) in [5.74, 6) is -0.715. The van der Waals surface area contributed by atoms with Crippen molar-refractivity contribution in [3.8, 4) is 0 Å². The van der Waals surface area contributed by atoms with Crippen LogP contribution in [-0.2, 0) is 9.53 Å². The van der Waals surface area contributed by atoms with E-state index in [0.717, 1.165) is 10.1 Å². The average Bonchev–Trinajstić information content (AvgIpc) is 2.77. The summed E-state index contributed by atoms with van der Waals surface area (Å²) in [4.78, 5) is 23.8. The lowest BCUT2D eigenvalue weighted by Gasteiger charge is -2.03. The van der Waals surface area contributed by atoms with Crippen LogP contribution >= 0.6 is 11.3 Å². The molecular weight excluding hydrogens is 262 g/mol. The van der Waals surface area contributed by atoms with Gasteiger partial charge in [-0.05, 0) is 19.1 Å². The first-order chi connectivity index (χ1) is 9.17. The molecule has 0 unspecified atom stereocenters. The maximum Gasteiger partial charge on any atom is 0.350 e. The molecule has 19 heavy (non-hydrogen) atoms. The van der Waals surface area contributed by atoms with Crippen molar-refractivity contribution in [1.29, 1.82) is 0 Å². The zero-order valence-corrected chi connectivity index (χ0v) is 11.4. The monoisotopic (exact) mass is 275 g/mol. The fourth-order valence-corrected chi connectivity index (χ4v) is 2.80. The Kier molecular flexibility index (Phi) is 3.97. The Morgan fingerprint density at radius 1 is 1.32 bits per heavy atom. The second-order valence-electron chi connectivity index (χ2n) is 3.78. The van der Waals surface area contributed by atoms with E-state index in [2.05, 4.69) is 5.32 Å². The number of amides is 1. The van der Waals surface area contributed by atoms with Crippen LogP contribution in [0.15, 0.2) is 36.4 Å². The van der Waals surface area contributed by atoms with Crippen molar-refractivity contribution in [2.24, 2.45) is 0 Å². The number of methoxy groups -OCH3 is 1. The molecule has 5 heteroatoms. The zero-order chi connectivity index (χ0) is 13.8. The first kappa shape index (κ1) is 13.3. The van der Waals surface area contributed by atoms with Gasteiger partial charge in [-0.3, -0.25) is 4.79 Å². The van der Waals surface area contributed by atoms with Crippen LogP contribution < -0.4 is 5.32 Å². The number of esters is 1. The van der Waals surface area contributed by atoms with Crippen molar-refractivity contribution in [1.82, 2.24) is 0 Å². The molecule has 0 spiro atoms. The van der Waals surface area contributed by atoms with Gasteiger partial charge in [0.15, 0.2) is 0 Å². The molecule has 4 nitrogen and oxygen atoms in total. The molecular formula is C14H13NO3S. The first-order valence-electron chi connectivity index (χ1n) is 5.71. The highest BCUT2D eigenvalue weighted by molar-refractivity contribution is 7.21. The van der Waals surface area contributed by atoms with Crippen molar-refractivity contribution in [2.45, 2.75) is 6.92 Å². The van der Waals surface area contributed by atoms with Gasteiger partial charge >= 0.3 is 5.97 Å². The van der Waals surface area contributed by atoms with Crippen molar-refractivity contribution < 1.29 is 14.3 Å². The third-order valence-corrected chi connectivity index (χ3v) is 3.68. The van der Waals surface area contributed by atoms with Gasteiger partial charge in [0.1, 0.15) is 4.88 Å². The lowest BCUT2D eigenvalue weighted by atomic mass is 10.2. The molecule has 1 aromatic heterocycles. The maximum absolute atomic E-state index is 11.8.